The average Bonchev–Trinajstić information content (AvgIpc) is 2.42. The summed E-state index contributed by atoms with van der Waals surface area (Å²) < 4.78 is 0. The maximum atomic E-state index is 6.28. The van der Waals surface area contributed by atoms with Crippen LogP contribution in [0.15, 0.2) is 47.5 Å². The van der Waals surface area contributed by atoms with E-state index in [1.165, 1.54) is 11.1 Å². The molecule has 1 heterocycles. The molecule has 1 aliphatic heterocycles. The van der Waals surface area contributed by atoms with Crippen LogP contribution >= 0.6 is 0 Å². The van der Waals surface area contributed by atoms with Crippen LogP contribution in [0, 0.1) is 13.8 Å². The lowest BCUT2D eigenvalue weighted by atomic mass is 10.0. The predicted octanol–water partition coefficient (Wildman–Crippen LogP) is 2.73. The Morgan fingerprint density at radius 1 is 1.00 bits per heavy atom. The Kier molecular flexibility index (Phi) is 2.95. The van der Waals surface area contributed by atoms with Gasteiger partial charge in [0.05, 0.1) is 11.4 Å². The fourth-order valence-electron chi connectivity index (χ4n) is 2.69. The van der Waals surface area contributed by atoms with Gasteiger partial charge in [-0.3, -0.25) is 0 Å². The largest absolute Gasteiger partial charge is 0.384 e. The van der Waals surface area contributed by atoms with Crippen LogP contribution in [-0.2, 0) is 0 Å². The Balaban J connectivity index is 2.25. The van der Waals surface area contributed by atoms with Crippen molar-refractivity contribution in [3.05, 3.63) is 53.6 Å². The molecule has 0 bridgehead atoms. The van der Waals surface area contributed by atoms with Crippen molar-refractivity contribution in [3.8, 4) is 0 Å². The van der Waals surface area contributed by atoms with E-state index in [0.29, 0.717) is 5.84 Å². The molecule has 4 nitrogen and oxygen atoms in total. The molecule has 0 spiro atoms. The summed E-state index contributed by atoms with van der Waals surface area (Å²) in [5.74, 6) is 0.436. The van der Waals surface area contributed by atoms with Crippen LogP contribution in [0.1, 0.15) is 11.1 Å². The zero-order valence-corrected chi connectivity index (χ0v) is 11.7. The minimum atomic E-state index is -0.440. The molecule has 0 fully saturated rings. The van der Waals surface area contributed by atoms with Crippen molar-refractivity contribution in [3.63, 3.8) is 0 Å². The molecule has 4 heteroatoms. The number of nitrogens with zero attached hydrogens (tertiary/aromatic N) is 2. The van der Waals surface area contributed by atoms with Crippen LogP contribution in [0.4, 0.5) is 17.1 Å². The van der Waals surface area contributed by atoms with Crippen LogP contribution in [0.2, 0.25) is 0 Å². The molecule has 1 unspecified atom stereocenters. The number of anilines is 2. The van der Waals surface area contributed by atoms with E-state index < -0.39 is 6.17 Å². The zero-order chi connectivity index (χ0) is 14.3. The van der Waals surface area contributed by atoms with E-state index in [-0.39, 0.29) is 0 Å². The third-order valence-corrected chi connectivity index (χ3v) is 3.65. The second-order valence-corrected chi connectivity index (χ2v) is 5.08. The van der Waals surface area contributed by atoms with Crippen molar-refractivity contribution in [2.75, 3.05) is 4.90 Å². The van der Waals surface area contributed by atoms with Gasteiger partial charge in [0.2, 0.25) is 0 Å². The standard InChI is InChI=1S/C16H18N4/c1-10-6-5-7-11(2)14(10)20-13-9-4-3-8-12(13)19-15(17)16(20)18/h3-9,16H,18H2,1-2H3,(H2,17,19). The SMILES string of the molecule is Cc1cccc(C)c1N1c2ccccc2N=C(N)C1N. The molecule has 20 heavy (non-hydrogen) atoms. The Hall–Kier alpha value is -2.33. The minimum Gasteiger partial charge on any atom is -0.384 e. The summed E-state index contributed by atoms with van der Waals surface area (Å²) >= 11 is 0. The highest BCUT2D eigenvalue weighted by Crippen LogP contribution is 2.40. The molecule has 1 atom stereocenters. The third kappa shape index (κ3) is 1.85. The number of hydrogen-bond acceptors (Lipinski definition) is 4. The van der Waals surface area contributed by atoms with Gasteiger partial charge in [0.15, 0.2) is 0 Å². The van der Waals surface area contributed by atoms with Crippen LogP contribution < -0.4 is 16.4 Å². The van der Waals surface area contributed by atoms with Gasteiger partial charge in [-0.1, -0.05) is 30.3 Å². The molecule has 0 radical (unpaired) electrons. The van der Waals surface area contributed by atoms with Gasteiger partial charge in [0.1, 0.15) is 12.0 Å². The number of fused-ring (bicyclic) bond motifs is 1. The molecule has 3 rings (SSSR count). The second-order valence-electron chi connectivity index (χ2n) is 5.08. The first kappa shape index (κ1) is 12.7. The smallest absolute Gasteiger partial charge is 0.141 e. The van der Waals surface area contributed by atoms with E-state index in [1.54, 1.807) is 0 Å². The molecular formula is C16H18N4. The van der Waals surface area contributed by atoms with Gasteiger partial charge in [-0.05, 0) is 37.1 Å². The number of nitrogens with two attached hydrogens (primary N) is 2. The fourth-order valence-corrected chi connectivity index (χ4v) is 2.69. The Labute approximate surface area is 118 Å². The van der Waals surface area contributed by atoms with Gasteiger partial charge in [-0.25, -0.2) is 4.99 Å². The highest BCUT2D eigenvalue weighted by molar-refractivity contribution is 5.99. The second kappa shape index (κ2) is 4.65. The molecule has 0 aromatic heterocycles. The molecule has 102 valence electrons. The van der Waals surface area contributed by atoms with Crippen LogP contribution in [0.3, 0.4) is 0 Å². The third-order valence-electron chi connectivity index (χ3n) is 3.65. The molecule has 2 aromatic carbocycles. The summed E-state index contributed by atoms with van der Waals surface area (Å²) in [7, 11) is 0. The molecule has 0 amide bonds. The Morgan fingerprint density at radius 2 is 1.65 bits per heavy atom. The van der Waals surface area contributed by atoms with E-state index >= 15 is 0 Å². The Morgan fingerprint density at radius 3 is 2.35 bits per heavy atom. The lowest BCUT2D eigenvalue weighted by Gasteiger charge is -2.36. The number of rotatable bonds is 1. The molecule has 0 aliphatic carbocycles. The van der Waals surface area contributed by atoms with Crippen molar-refractivity contribution < 1.29 is 0 Å². The summed E-state index contributed by atoms with van der Waals surface area (Å²) in [6.07, 6.45) is -0.440. The maximum absolute atomic E-state index is 6.28. The molecular weight excluding hydrogens is 248 g/mol. The van der Waals surface area contributed by atoms with Crippen molar-refractivity contribution in [1.82, 2.24) is 0 Å². The molecule has 1 aliphatic rings. The number of para-hydroxylation sites is 3. The highest BCUT2D eigenvalue weighted by Gasteiger charge is 2.28. The number of aryl methyl sites for hydroxylation is 2. The summed E-state index contributed by atoms with van der Waals surface area (Å²) in [6, 6.07) is 14.1. The minimum absolute atomic E-state index is 0.436. The average molecular weight is 266 g/mol. The van der Waals surface area contributed by atoms with E-state index in [9.17, 15) is 0 Å². The quantitative estimate of drug-likeness (QED) is 0.834. The van der Waals surface area contributed by atoms with Gasteiger partial charge >= 0.3 is 0 Å². The monoisotopic (exact) mass is 266 g/mol. The first-order chi connectivity index (χ1) is 9.59. The summed E-state index contributed by atoms with van der Waals surface area (Å²) in [5, 5.41) is 0. The molecule has 4 N–H and O–H groups in total. The van der Waals surface area contributed by atoms with Gasteiger partial charge in [-0.15, -0.1) is 0 Å². The Bertz CT molecular complexity index is 670. The van der Waals surface area contributed by atoms with Crippen molar-refractivity contribution in [2.45, 2.75) is 20.0 Å². The van der Waals surface area contributed by atoms with E-state index in [2.05, 4.69) is 35.9 Å². The van der Waals surface area contributed by atoms with Gasteiger partial charge < -0.3 is 16.4 Å². The lowest BCUT2D eigenvalue weighted by molar-refractivity contribution is 0.836. The first-order valence-corrected chi connectivity index (χ1v) is 6.63. The van der Waals surface area contributed by atoms with E-state index in [1.807, 2.05) is 30.3 Å². The normalized spacial score (nSPS) is 17.6. The summed E-state index contributed by atoms with van der Waals surface area (Å²) in [5.41, 5.74) is 17.6. The topological polar surface area (TPSA) is 67.6 Å². The van der Waals surface area contributed by atoms with Gasteiger partial charge in [0, 0.05) is 5.69 Å². The highest BCUT2D eigenvalue weighted by atomic mass is 15.3. The van der Waals surface area contributed by atoms with E-state index in [4.69, 9.17) is 11.5 Å². The van der Waals surface area contributed by atoms with E-state index in [0.717, 1.165) is 17.1 Å². The number of amidine groups is 1. The van der Waals surface area contributed by atoms with Gasteiger partial charge in [-0.2, -0.15) is 0 Å². The summed E-state index contributed by atoms with van der Waals surface area (Å²) in [6.45, 7) is 4.17. The fraction of sp³-hybridized carbons (Fsp3) is 0.188. The van der Waals surface area contributed by atoms with Crippen molar-refractivity contribution >= 4 is 22.9 Å². The molecule has 0 saturated heterocycles. The molecule has 2 aromatic rings. The summed E-state index contributed by atoms with van der Waals surface area (Å²) in [4.78, 5) is 6.46. The van der Waals surface area contributed by atoms with Crippen molar-refractivity contribution in [2.24, 2.45) is 16.5 Å². The predicted molar refractivity (Wildman–Crippen MR) is 83.8 cm³/mol. The van der Waals surface area contributed by atoms with Crippen LogP contribution in [-0.4, -0.2) is 12.0 Å². The number of benzene rings is 2. The van der Waals surface area contributed by atoms with Gasteiger partial charge in [0.25, 0.3) is 0 Å². The molecule has 0 saturated carbocycles. The van der Waals surface area contributed by atoms with Crippen molar-refractivity contribution in [1.29, 1.82) is 0 Å². The van der Waals surface area contributed by atoms with Crippen LogP contribution in [0.25, 0.3) is 0 Å². The first-order valence-electron chi connectivity index (χ1n) is 6.63. The number of hydrogen-bond donors (Lipinski definition) is 2. The number of aliphatic imine (C=N–C) groups is 1. The zero-order valence-electron chi connectivity index (χ0n) is 11.7. The van der Waals surface area contributed by atoms with Crippen LogP contribution in [0.5, 0.6) is 0 Å². The lowest BCUT2D eigenvalue weighted by Crippen LogP contribution is -2.50. The maximum Gasteiger partial charge on any atom is 0.141 e.